The molecule has 98 valence electrons. The maximum absolute atomic E-state index is 12.6. The van der Waals surface area contributed by atoms with Crippen LogP contribution in [0.15, 0.2) is 0 Å². The first-order valence-electron chi connectivity index (χ1n) is 7.12. The van der Waals surface area contributed by atoms with Gasteiger partial charge in [0, 0.05) is 11.2 Å². The first-order valence-corrected chi connectivity index (χ1v) is 8.17. The molecule has 2 nitrogen and oxygen atoms in total. The second-order valence-corrected chi connectivity index (χ2v) is 6.89. The molecule has 1 saturated carbocycles. The van der Waals surface area contributed by atoms with Crippen molar-refractivity contribution in [1.29, 1.82) is 0 Å². The van der Waals surface area contributed by atoms with Gasteiger partial charge in [-0.2, -0.15) is 11.8 Å². The molecule has 4 atom stereocenters. The minimum absolute atomic E-state index is 0.137. The summed E-state index contributed by atoms with van der Waals surface area (Å²) >= 11 is 2.05. The summed E-state index contributed by atoms with van der Waals surface area (Å²) in [7, 11) is 0. The van der Waals surface area contributed by atoms with Crippen LogP contribution in [0, 0.1) is 11.8 Å². The molecule has 0 aromatic carbocycles. The molecule has 1 aliphatic carbocycles. The lowest BCUT2D eigenvalue weighted by Gasteiger charge is -2.34. The lowest BCUT2D eigenvalue weighted by Crippen LogP contribution is -2.45. The third-order valence-corrected chi connectivity index (χ3v) is 5.64. The standard InChI is InChI=1S/C14H25NOS/c1-3-8-15-11-7-9-17-12-6-4-5-10(2)13(12)14(11)16/h10-13,15H,3-9H2,1-2H3. The molecule has 17 heavy (non-hydrogen) atoms. The summed E-state index contributed by atoms with van der Waals surface area (Å²) in [5.41, 5.74) is 0. The number of carbonyl (C=O) groups excluding carboxylic acids is 1. The molecule has 0 bridgehead atoms. The average molecular weight is 255 g/mol. The van der Waals surface area contributed by atoms with Gasteiger partial charge in [-0.3, -0.25) is 4.79 Å². The molecule has 2 rings (SSSR count). The first kappa shape index (κ1) is 13.4. The number of hydrogen-bond acceptors (Lipinski definition) is 3. The van der Waals surface area contributed by atoms with Crippen molar-refractivity contribution >= 4 is 17.5 Å². The van der Waals surface area contributed by atoms with Crippen molar-refractivity contribution in [2.45, 2.75) is 57.2 Å². The third-order valence-electron chi connectivity index (χ3n) is 4.21. The summed E-state index contributed by atoms with van der Waals surface area (Å²) < 4.78 is 0. The van der Waals surface area contributed by atoms with E-state index in [0.717, 1.165) is 25.1 Å². The zero-order chi connectivity index (χ0) is 12.3. The van der Waals surface area contributed by atoms with Gasteiger partial charge in [-0.15, -0.1) is 0 Å². The highest BCUT2D eigenvalue weighted by Gasteiger charge is 2.40. The van der Waals surface area contributed by atoms with E-state index < -0.39 is 0 Å². The predicted molar refractivity (Wildman–Crippen MR) is 74.5 cm³/mol. The molecule has 0 aromatic heterocycles. The first-order chi connectivity index (χ1) is 8.24. The van der Waals surface area contributed by atoms with Crippen LogP contribution in [0.1, 0.15) is 46.0 Å². The molecule has 0 spiro atoms. The number of rotatable bonds is 3. The van der Waals surface area contributed by atoms with Gasteiger partial charge in [0.1, 0.15) is 0 Å². The topological polar surface area (TPSA) is 29.1 Å². The van der Waals surface area contributed by atoms with Crippen molar-refractivity contribution in [2.75, 3.05) is 12.3 Å². The van der Waals surface area contributed by atoms with Crippen molar-refractivity contribution in [1.82, 2.24) is 5.32 Å². The van der Waals surface area contributed by atoms with Gasteiger partial charge in [-0.05, 0) is 43.9 Å². The smallest absolute Gasteiger partial charge is 0.154 e. The predicted octanol–water partition coefficient (Wildman–Crippen LogP) is 2.87. The van der Waals surface area contributed by atoms with Crippen molar-refractivity contribution in [3.05, 3.63) is 0 Å². The molecule has 2 aliphatic rings. The van der Waals surface area contributed by atoms with Gasteiger partial charge in [0.15, 0.2) is 5.78 Å². The Morgan fingerprint density at radius 3 is 2.94 bits per heavy atom. The van der Waals surface area contributed by atoms with E-state index in [1.807, 2.05) is 0 Å². The van der Waals surface area contributed by atoms with Gasteiger partial charge in [-0.1, -0.05) is 20.3 Å². The van der Waals surface area contributed by atoms with Crippen LogP contribution >= 0.6 is 11.8 Å². The van der Waals surface area contributed by atoms with Gasteiger partial charge in [-0.25, -0.2) is 0 Å². The third kappa shape index (κ3) is 3.05. The van der Waals surface area contributed by atoms with Crippen molar-refractivity contribution < 1.29 is 4.79 Å². The number of Topliss-reactive ketones (excluding diaryl/α,β-unsaturated/α-hetero) is 1. The van der Waals surface area contributed by atoms with E-state index in [4.69, 9.17) is 0 Å². The maximum Gasteiger partial charge on any atom is 0.154 e. The molecular formula is C14H25NOS. The highest BCUT2D eigenvalue weighted by Crippen LogP contribution is 2.40. The fourth-order valence-corrected chi connectivity index (χ4v) is 4.87. The van der Waals surface area contributed by atoms with Crippen LogP contribution in [-0.2, 0) is 4.79 Å². The maximum atomic E-state index is 12.6. The summed E-state index contributed by atoms with van der Waals surface area (Å²) in [4.78, 5) is 12.6. The molecule has 2 fully saturated rings. The minimum Gasteiger partial charge on any atom is -0.307 e. The van der Waals surface area contributed by atoms with E-state index >= 15 is 0 Å². The van der Waals surface area contributed by atoms with Crippen molar-refractivity contribution in [2.24, 2.45) is 11.8 Å². The molecule has 0 radical (unpaired) electrons. The minimum atomic E-state index is 0.137. The van der Waals surface area contributed by atoms with Crippen LogP contribution in [0.25, 0.3) is 0 Å². The molecule has 1 N–H and O–H groups in total. The molecule has 4 unspecified atom stereocenters. The van der Waals surface area contributed by atoms with E-state index in [1.54, 1.807) is 0 Å². The highest BCUT2D eigenvalue weighted by atomic mass is 32.2. The van der Waals surface area contributed by atoms with Gasteiger partial charge >= 0.3 is 0 Å². The summed E-state index contributed by atoms with van der Waals surface area (Å²) in [5, 5.41) is 4.06. The van der Waals surface area contributed by atoms with E-state index in [0.29, 0.717) is 22.9 Å². The zero-order valence-corrected chi connectivity index (χ0v) is 11.9. The van der Waals surface area contributed by atoms with Crippen molar-refractivity contribution in [3.8, 4) is 0 Å². The highest BCUT2D eigenvalue weighted by molar-refractivity contribution is 7.99. The number of nitrogens with one attached hydrogen (secondary N) is 1. The lowest BCUT2D eigenvalue weighted by molar-refractivity contribution is -0.127. The Bertz CT molecular complexity index is 269. The fraction of sp³-hybridized carbons (Fsp3) is 0.929. The Hall–Kier alpha value is -0.0200. The molecule has 1 aliphatic heterocycles. The summed E-state index contributed by atoms with van der Waals surface area (Å²) in [6.07, 6.45) is 5.96. The van der Waals surface area contributed by atoms with E-state index in [-0.39, 0.29) is 6.04 Å². The number of thioether (sulfide) groups is 1. The summed E-state index contributed by atoms with van der Waals surface area (Å²) in [5.74, 6) is 2.59. The van der Waals surface area contributed by atoms with Crippen molar-refractivity contribution in [3.63, 3.8) is 0 Å². The van der Waals surface area contributed by atoms with Gasteiger partial charge in [0.2, 0.25) is 0 Å². The number of hydrogen-bond donors (Lipinski definition) is 1. The van der Waals surface area contributed by atoms with E-state index in [2.05, 4.69) is 30.9 Å². The molecule has 1 saturated heterocycles. The van der Waals surface area contributed by atoms with E-state index in [1.165, 1.54) is 19.3 Å². The van der Waals surface area contributed by atoms with Crippen LogP contribution in [0.5, 0.6) is 0 Å². The number of fused-ring (bicyclic) bond motifs is 1. The fourth-order valence-electron chi connectivity index (χ4n) is 3.25. The Labute approximate surface area is 109 Å². The Morgan fingerprint density at radius 1 is 1.35 bits per heavy atom. The van der Waals surface area contributed by atoms with E-state index in [9.17, 15) is 4.79 Å². The quantitative estimate of drug-likeness (QED) is 0.841. The molecular weight excluding hydrogens is 230 g/mol. The lowest BCUT2D eigenvalue weighted by atomic mass is 9.75. The summed E-state index contributed by atoms with van der Waals surface area (Å²) in [6.45, 7) is 5.42. The van der Waals surface area contributed by atoms with Gasteiger partial charge in [0.25, 0.3) is 0 Å². The zero-order valence-electron chi connectivity index (χ0n) is 11.1. The van der Waals surface area contributed by atoms with Crippen LogP contribution in [0.2, 0.25) is 0 Å². The largest absolute Gasteiger partial charge is 0.307 e. The molecule has 0 aromatic rings. The Morgan fingerprint density at radius 2 is 2.18 bits per heavy atom. The average Bonchev–Trinajstić information content (AvgIpc) is 2.47. The van der Waals surface area contributed by atoms with Gasteiger partial charge < -0.3 is 5.32 Å². The number of carbonyl (C=O) groups is 1. The Kier molecular flexibility index (Phi) is 4.92. The second kappa shape index (κ2) is 6.24. The van der Waals surface area contributed by atoms with Crippen LogP contribution in [0.3, 0.4) is 0 Å². The molecule has 1 heterocycles. The van der Waals surface area contributed by atoms with Crippen LogP contribution in [0.4, 0.5) is 0 Å². The Balaban J connectivity index is 2.06. The molecule has 0 amide bonds. The molecule has 3 heteroatoms. The van der Waals surface area contributed by atoms with Crippen LogP contribution < -0.4 is 5.32 Å². The monoisotopic (exact) mass is 255 g/mol. The SMILES string of the molecule is CCCNC1CCSC2CCCC(C)C2C1=O. The van der Waals surface area contributed by atoms with Gasteiger partial charge in [0.05, 0.1) is 6.04 Å². The van der Waals surface area contributed by atoms with Crippen LogP contribution in [-0.4, -0.2) is 29.4 Å². The second-order valence-electron chi connectivity index (χ2n) is 5.54. The summed E-state index contributed by atoms with van der Waals surface area (Å²) in [6, 6.07) is 0.137. The normalized spacial score (nSPS) is 38.6. The number of ketones is 1.